The van der Waals surface area contributed by atoms with Gasteiger partial charge in [0, 0.05) is 18.8 Å². The number of esters is 1. The number of quaternary nitrogens is 1. The first-order chi connectivity index (χ1) is 10.5. The molecule has 3 aliphatic rings. The molecule has 0 bridgehead atoms. The Morgan fingerprint density at radius 1 is 1.27 bits per heavy atom. The van der Waals surface area contributed by atoms with Gasteiger partial charge in [-0.3, -0.25) is 0 Å². The van der Waals surface area contributed by atoms with Gasteiger partial charge in [-0.15, -0.1) is 4.48 Å². The Morgan fingerprint density at radius 3 is 2.41 bits per heavy atom. The number of hydrogen-bond donors (Lipinski definition) is 0. The van der Waals surface area contributed by atoms with Crippen molar-refractivity contribution in [2.24, 2.45) is 5.41 Å². The first kappa shape index (κ1) is 15.5. The predicted octanol–water partition coefficient (Wildman–Crippen LogP) is 3.14. The molecule has 6 nitrogen and oxygen atoms in total. The fourth-order valence-electron chi connectivity index (χ4n) is 4.71. The first-order valence-electron chi connectivity index (χ1n) is 8.31. The Labute approximate surface area is 130 Å². The van der Waals surface area contributed by atoms with Gasteiger partial charge in [0.15, 0.2) is 0 Å². The van der Waals surface area contributed by atoms with E-state index in [2.05, 4.69) is 0 Å². The van der Waals surface area contributed by atoms with E-state index in [1.807, 2.05) is 0 Å². The van der Waals surface area contributed by atoms with Crippen molar-refractivity contribution in [3.63, 3.8) is 0 Å². The maximum Gasteiger partial charge on any atom is 0.535 e. The summed E-state index contributed by atoms with van der Waals surface area (Å²) in [5, 5.41) is 0. The van der Waals surface area contributed by atoms with E-state index in [1.54, 1.807) is 13.8 Å². The van der Waals surface area contributed by atoms with Gasteiger partial charge in [-0.05, 0) is 26.2 Å². The first-order valence-corrected chi connectivity index (χ1v) is 8.31. The second-order valence-corrected chi connectivity index (χ2v) is 6.82. The summed E-state index contributed by atoms with van der Waals surface area (Å²) in [7, 11) is 0. The smallest absolute Gasteiger partial charge is 0.420 e. The average molecular weight is 310 g/mol. The number of nitrogens with zero attached hydrogens (tertiary/aromatic N) is 1. The number of carbonyl (C=O) groups is 3. The number of hydrogen-bond acceptors (Lipinski definition) is 5. The molecule has 2 aliphatic carbocycles. The molecule has 1 heterocycles. The molecule has 1 saturated heterocycles. The summed E-state index contributed by atoms with van der Waals surface area (Å²) in [6.45, 7) is 3.51. The van der Waals surface area contributed by atoms with Gasteiger partial charge in [-0.25, -0.2) is 4.79 Å². The van der Waals surface area contributed by atoms with E-state index in [9.17, 15) is 14.4 Å². The predicted molar refractivity (Wildman–Crippen MR) is 76.8 cm³/mol. The third-order valence-corrected chi connectivity index (χ3v) is 5.98. The zero-order valence-corrected chi connectivity index (χ0v) is 13.3. The number of imide groups is 1. The van der Waals surface area contributed by atoms with Crippen LogP contribution in [0.25, 0.3) is 0 Å². The molecule has 2 amide bonds. The summed E-state index contributed by atoms with van der Waals surface area (Å²) < 4.78 is 9.45. The van der Waals surface area contributed by atoms with E-state index in [0.717, 1.165) is 38.5 Å². The Hall–Kier alpha value is -1.43. The second kappa shape index (κ2) is 5.33. The number of cyclic esters (lactones) is 2. The molecule has 6 heteroatoms. The highest BCUT2D eigenvalue weighted by atomic mass is 16.6. The summed E-state index contributed by atoms with van der Waals surface area (Å²) in [6.07, 6.45) is 5.90. The molecule has 3 fully saturated rings. The van der Waals surface area contributed by atoms with E-state index < -0.39 is 28.7 Å². The van der Waals surface area contributed by atoms with Gasteiger partial charge in [-0.2, -0.15) is 9.59 Å². The van der Waals surface area contributed by atoms with Crippen molar-refractivity contribution in [2.75, 3.05) is 6.61 Å². The summed E-state index contributed by atoms with van der Waals surface area (Å²) in [5.74, 6) is -0.615. The van der Waals surface area contributed by atoms with Gasteiger partial charge in [0.05, 0.1) is 6.61 Å². The normalized spacial score (nSPS) is 36.8. The molecule has 122 valence electrons. The molecule has 0 radical (unpaired) electrons. The average Bonchev–Trinajstić information content (AvgIpc) is 2.72. The molecule has 0 aromatic rings. The molecule has 3 unspecified atom stereocenters. The minimum Gasteiger partial charge on any atom is -0.420 e. The number of amides is 2. The summed E-state index contributed by atoms with van der Waals surface area (Å²) >= 11 is 0. The summed E-state index contributed by atoms with van der Waals surface area (Å²) in [4.78, 5) is 37.2. The highest BCUT2D eigenvalue weighted by molar-refractivity contribution is 5.95. The molecular formula is C16H24NO5+. The van der Waals surface area contributed by atoms with Crippen molar-refractivity contribution in [3.05, 3.63) is 0 Å². The van der Waals surface area contributed by atoms with Crippen LogP contribution in [-0.4, -0.2) is 41.3 Å². The fourth-order valence-corrected chi connectivity index (χ4v) is 4.71. The van der Waals surface area contributed by atoms with E-state index in [0.29, 0.717) is 0 Å². The van der Waals surface area contributed by atoms with Crippen molar-refractivity contribution in [1.82, 2.24) is 0 Å². The minimum absolute atomic E-state index is 0.0110. The van der Waals surface area contributed by atoms with E-state index >= 15 is 0 Å². The van der Waals surface area contributed by atoms with Crippen LogP contribution in [0, 0.1) is 5.41 Å². The van der Waals surface area contributed by atoms with Gasteiger partial charge < -0.3 is 9.47 Å². The highest BCUT2D eigenvalue weighted by Gasteiger charge is 2.73. The van der Waals surface area contributed by atoms with Crippen molar-refractivity contribution in [2.45, 2.75) is 70.9 Å². The monoisotopic (exact) mass is 310 g/mol. The lowest BCUT2D eigenvalue weighted by atomic mass is 9.56. The number of ether oxygens (including phenoxy) is 2. The van der Waals surface area contributed by atoms with Crippen LogP contribution in [0.1, 0.15) is 58.8 Å². The van der Waals surface area contributed by atoms with Crippen LogP contribution in [0.2, 0.25) is 0 Å². The van der Waals surface area contributed by atoms with Crippen LogP contribution in [0.5, 0.6) is 0 Å². The molecular weight excluding hydrogens is 286 g/mol. The van der Waals surface area contributed by atoms with Crippen LogP contribution in [-0.2, 0) is 14.3 Å². The van der Waals surface area contributed by atoms with Gasteiger partial charge in [0.1, 0.15) is 6.04 Å². The Bertz CT molecular complexity index is 511. The van der Waals surface area contributed by atoms with Crippen molar-refractivity contribution in [3.8, 4) is 0 Å². The minimum atomic E-state index is -0.810. The van der Waals surface area contributed by atoms with E-state index in [1.165, 1.54) is 6.42 Å². The molecule has 3 rings (SSSR count). The highest BCUT2D eigenvalue weighted by Crippen LogP contribution is 2.57. The zero-order chi connectivity index (χ0) is 16.0. The van der Waals surface area contributed by atoms with Crippen LogP contribution < -0.4 is 0 Å². The lowest BCUT2D eigenvalue weighted by molar-refractivity contribution is -0.835. The quantitative estimate of drug-likeness (QED) is 0.445. The molecule has 1 aliphatic heterocycles. The van der Waals surface area contributed by atoms with Crippen LogP contribution >= 0.6 is 0 Å². The molecule has 2 saturated carbocycles. The maximum atomic E-state index is 12.7. The van der Waals surface area contributed by atoms with Crippen LogP contribution in [0.15, 0.2) is 0 Å². The lowest BCUT2D eigenvalue weighted by Crippen LogP contribution is -2.72. The Morgan fingerprint density at radius 2 is 1.95 bits per heavy atom. The standard InChI is InChI=1S/C16H24NO5/c1-3-21-14(19)17(11(2)13(18)22-15(17)20)12-7-10-16(12)8-5-4-6-9-16/h11-12H,3-10H2,1-2H3/q+1. The fraction of sp³-hybridized carbons (Fsp3) is 0.812. The topological polar surface area (TPSA) is 69.7 Å². The summed E-state index contributed by atoms with van der Waals surface area (Å²) in [5.41, 5.74) is -0.0110. The van der Waals surface area contributed by atoms with Crippen LogP contribution in [0.3, 0.4) is 0 Å². The third kappa shape index (κ3) is 1.86. The van der Waals surface area contributed by atoms with Crippen molar-refractivity contribution in [1.29, 1.82) is 0 Å². The second-order valence-electron chi connectivity index (χ2n) is 6.82. The van der Waals surface area contributed by atoms with Crippen LogP contribution in [0.4, 0.5) is 9.59 Å². The van der Waals surface area contributed by atoms with Gasteiger partial charge in [-0.1, -0.05) is 19.3 Å². The SMILES string of the molecule is CCOC(=O)[N+]1(C2CCC23CCCCC3)C(=O)OC(=O)C1C. The maximum absolute atomic E-state index is 12.7. The molecule has 1 spiro atoms. The molecule has 0 N–H and O–H groups in total. The van der Waals surface area contributed by atoms with E-state index in [-0.39, 0.29) is 18.1 Å². The Balaban J connectivity index is 2.01. The summed E-state index contributed by atoms with van der Waals surface area (Å²) in [6, 6.07) is -0.989. The molecule has 0 aromatic carbocycles. The lowest BCUT2D eigenvalue weighted by Gasteiger charge is -2.55. The molecule has 0 aromatic heterocycles. The van der Waals surface area contributed by atoms with Crippen molar-refractivity contribution >= 4 is 18.2 Å². The van der Waals surface area contributed by atoms with E-state index in [4.69, 9.17) is 9.47 Å². The number of rotatable bonds is 2. The van der Waals surface area contributed by atoms with Gasteiger partial charge in [0.25, 0.3) is 0 Å². The zero-order valence-electron chi connectivity index (χ0n) is 13.3. The van der Waals surface area contributed by atoms with Gasteiger partial charge in [0.2, 0.25) is 6.04 Å². The third-order valence-electron chi connectivity index (χ3n) is 5.98. The molecule has 3 atom stereocenters. The number of carbonyl (C=O) groups excluding carboxylic acids is 3. The van der Waals surface area contributed by atoms with Crippen molar-refractivity contribution < 1.29 is 28.3 Å². The van der Waals surface area contributed by atoms with Gasteiger partial charge >= 0.3 is 18.2 Å². The Kier molecular flexibility index (Phi) is 3.75. The molecule has 22 heavy (non-hydrogen) atoms. The largest absolute Gasteiger partial charge is 0.535 e.